The van der Waals surface area contributed by atoms with E-state index in [0.717, 1.165) is 22.6 Å². The first-order chi connectivity index (χ1) is 15.4. The first kappa shape index (κ1) is 22.1. The highest BCUT2D eigenvalue weighted by Gasteiger charge is 2.30. The third-order valence-electron chi connectivity index (χ3n) is 5.63. The van der Waals surface area contributed by atoms with Gasteiger partial charge in [0.15, 0.2) is 0 Å². The number of carbonyl (C=O) groups excluding carboxylic acids is 2. The zero-order chi connectivity index (χ0) is 22.7. The second-order valence-corrected chi connectivity index (χ2v) is 8.68. The van der Waals surface area contributed by atoms with Crippen LogP contribution in [0.3, 0.4) is 0 Å². The van der Waals surface area contributed by atoms with Crippen molar-refractivity contribution in [1.29, 1.82) is 0 Å². The molecule has 8 heteroatoms. The van der Waals surface area contributed by atoms with E-state index in [1.807, 2.05) is 17.5 Å². The van der Waals surface area contributed by atoms with Gasteiger partial charge in [-0.2, -0.15) is 0 Å². The lowest BCUT2D eigenvalue weighted by Crippen LogP contribution is -2.44. The van der Waals surface area contributed by atoms with Crippen molar-refractivity contribution in [1.82, 2.24) is 10.2 Å². The Hall–Kier alpha value is -3.13. The van der Waals surface area contributed by atoms with Crippen LogP contribution in [-0.4, -0.2) is 29.8 Å². The van der Waals surface area contributed by atoms with Crippen molar-refractivity contribution in [2.45, 2.75) is 18.9 Å². The van der Waals surface area contributed by atoms with E-state index >= 15 is 0 Å². The van der Waals surface area contributed by atoms with Crippen molar-refractivity contribution in [2.75, 3.05) is 13.1 Å². The number of hydrogen-bond acceptors (Lipinski definition) is 3. The molecule has 1 fully saturated rings. The molecule has 2 amide bonds. The van der Waals surface area contributed by atoms with E-state index in [9.17, 15) is 22.8 Å². The summed E-state index contributed by atoms with van der Waals surface area (Å²) in [5.74, 6) is -2.94. The van der Waals surface area contributed by atoms with Crippen molar-refractivity contribution in [2.24, 2.45) is 5.92 Å². The quantitative estimate of drug-likeness (QED) is 0.590. The maximum Gasteiger partial charge on any atom is 0.256 e. The molecule has 2 aromatic carbocycles. The Balaban J connectivity index is 1.41. The SMILES string of the molecule is O=C(NC(c1ccc(F)cc1)c1cccs1)C1CCN(C(=O)c2ccc(F)cc2F)CC1. The molecule has 1 aliphatic heterocycles. The third-order valence-corrected chi connectivity index (χ3v) is 6.57. The fourth-order valence-electron chi connectivity index (χ4n) is 3.87. The summed E-state index contributed by atoms with van der Waals surface area (Å²) < 4.78 is 40.4. The monoisotopic (exact) mass is 458 g/mol. The van der Waals surface area contributed by atoms with Gasteiger partial charge in [-0.05, 0) is 54.1 Å². The summed E-state index contributed by atoms with van der Waals surface area (Å²) in [5, 5.41) is 4.97. The molecule has 1 aromatic heterocycles. The van der Waals surface area contributed by atoms with Gasteiger partial charge < -0.3 is 10.2 Å². The average molecular weight is 459 g/mol. The van der Waals surface area contributed by atoms with Crippen LogP contribution >= 0.6 is 11.3 Å². The summed E-state index contributed by atoms with van der Waals surface area (Å²) in [6.07, 6.45) is 0.863. The van der Waals surface area contributed by atoms with E-state index in [2.05, 4.69) is 5.32 Å². The minimum atomic E-state index is -0.895. The Kier molecular flexibility index (Phi) is 6.60. The number of amides is 2. The van der Waals surface area contributed by atoms with Crippen molar-refractivity contribution in [3.8, 4) is 0 Å². The highest BCUT2D eigenvalue weighted by atomic mass is 32.1. The zero-order valence-corrected chi connectivity index (χ0v) is 17.9. The van der Waals surface area contributed by atoms with Crippen LogP contribution in [0.2, 0.25) is 0 Å². The molecule has 0 spiro atoms. The van der Waals surface area contributed by atoms with Crippen molar-refractivity contribution in [3.63, 3.8) is 0 Å². The van der Waals surface area contributed by atoms with Crippen LogP contribution in [0.4, 0.5) is 13.2 Å². The summed E-state index contributed by atoms with van der Waals surface area (Å²) >= 11 is 1.50. The number of nitrogens with one attached hydrogen (secondary N) is 1. The molecule has 0 saturated carbocycles. The molecular formula is C24H21F3N2O2S. The lowest BCUT2D eigenvalue weighted by molar-refractivity contribution is -0.126. The predicted molar refractivity (Wildman–Crippen MR) is 116 cm³/mol. The number of rotatable bonds is 5. The minimum Gasteiger partial charge on any atom is -0.344 e. The zero-order valence-electron chi connectivity index (χ0n) is 17.1. The van der Waals surface area contributed by atoms with Gasteiger partial charge in [0.05, 0.1) is 11.6 Å². The second-order valence-electron chi connectivity index (χ2n) is 7.70. The largest absolute Gasteiger partial charge is 0.344 e. The van der Waals surface area contributed by atoms with Gasteiger partial charge in [-0.1, -0.05) is 18.2 Å². The molecule has 2 heterocycles. The van der Waals surface area contributed by atoms with Gasteiger partial charge in [0.1, 0.15) is 17.5 Å². The first-order valence-electron chi connectivity index (χ1n) is 10.3. The lowest BCUT2D eigenvalue weighted by atomic mass is 9.94. The Morgan fingerprint density at radius 1 is 0.969 bits per heavy atom. The molecule has 32 heavy (non-hydrogen) atoms. The second kappa shape index (κ2) is 9.56. The molecule has 0 bridgehead atoms. The first-order valence-corrected chi connectivity index (χ1v) is 11.1. The fraction of sp³-hybridized carbons (Fsp3) is 0.250. The number of piperidine rings is 1. The van der Waals surface area contributed by atoms with Crippen LogP contribution in [0.5, 0.6) is 0 Å². The fourth-order valence-corrected chi connectivity index (χ4v) is 4.67. The topological polar surface area (TPSA) is 49.4 Å². The van der Waals surface area contributed by atoms with Gasteiger partial charge in [0, 0.05) is 30.0 Å². The lowest BCUT2D eigenvalue weighted by Gasteiger charge is -2.32. The third kappa shape index (κ3) is 4.85. The van der Waals surface area contributed by atoms with Crippen LogP contribution < -0.4 is 5.32 Å². The van der Waals surface area contributed by atoms with E-state index in [-0.39, 0.29) is 23.2 Å². The summed E-state index contributed by atoms with van der Waals surface area (Å²) in [6.45, 7) is 0.599. The number of halogens is 3. The Morgan fingerprint density at radius 2 is 1.66 bits per heavy atom. The van der Waals surface area contributed by atoms with Crippen LogP contribution in [0, 0.1) is 23.4 Å². The number of hydrogen-bond donors (Lipinski definition) is 1. The molecule has 1 atom stereocenters. The highest BCUT2D eigenvalue weighted by Crippen LogP contribution is 2.28. The number of carbonyl (C=O) groups is 2. The molecule has 1 aliphatic rings. The maximum atomic E-state index is 14.0. The molecule has 4 rings (SSSR count). The van der Waals surface area contributed by atoms with Gasteiger partial charge in [-0.15, -0.1) is 11.3 Å². The molecule has 1 unspecified atom stereocenters. The minimum absolute atomic E-state index is 0.146. The van der Waals surface area contributed by atoms with Gasteiger partial charge >= 0.3 is 0 Å². The van der Waals surface area contributed by atoms with E-state index < -0.39 is 23.6 Å². The van der Waals surface area contributed by atoms with Crippen molar-refractivity contribution < 1.29 is 22.8 Å². The Bertz CT molecular complexity index is 1090. The number of nitrogens with zero attached hydrogens (tertiary/aromatic N) is 1. The van der Waals surface area contributed by atoms with E-state index in [4.69, 9.17) is 0 Å². The molecule has 0 radical (unpaired) electrons. The molecule has 3 aromatic rings. The molecule has 166 valence electrons. The van der Waals surface area contributed by atoms with Gasteiger partial charge in [0.25, 0.3) is 5.91 Å². The highest BCUT2D eigenvalue weighted by molar-refractivity contribution is 7.10. The molecule has 0 aliphatic carbocycles. The van der Waals surface area contributed by atoms with Gasteiger partial charge in [0.2, 0.25) is 5.91 Å². The summed E-state index contributed by atoms with van der Waals surface area (Å²) in [4.78, 5) is 28.0. The van der Waals surface area contributed by atoms with E-state index in [0.29, 0.717) is 32.0 Å². The predicted octanol–water partition coefficient (Wildman–Crippen LogP) is 4.92. The van der Waals surface area contributed by atoms with Gasteiger partial charge in [-0.25, -0.2) is 13.2 Å². The van der Waals surface area contributed by atoms with Crippen molar-refractivity contribution >= 4 is 23.2 Å². The average Bonchev–Trinajstić information content (AvgIpc) is 3.32. The van der Waals surface area contributed by atoms with Crippen LogP contribution in [0.25, 0.3) is 0 Å². The van der Waals surface area contributed by atoms with Crippen LogP contribution in [0.1, 0.15) is 39.7 Å². The molecule has 1 N–H and O–H groups in total. The number of thiophene rings is 1. The smallest absolute Gasteiger partial charge is 0.256 e. The van der Waals surface area contributed by atoms with E-state index in [1.165, 1.54) is 28.4 Å². The maximum absolute atomic E-state index is 14.0. The van der Waals surface area contributed by atoms with Crippen molar-refractivity contribution in [3.05, 3.63) is 93.4 Å². The number of likely N-dealkylation sites (tertiary alicyclic amines) is 1. The summed E-state index contributed by atoms with van der Waals surface area (Å²) in [7, 11) is 0. The standard InChI is InChI=1S/C24H21F3N2O2S/c25-17-5-3-15(4-6-17)22(21-2-1-13-32-21)28-23(30)16-9-11-29(12-10-16)24(31)19-8-7-18(26)14-20(19)27/h1-8,13-14,16,22H,9-12H2,(H,28,30). The molecular weight excluding hydrogens is 437 g/mol. The Morgan fingerprint density at radius 3 is 2.28 bits per heavy atom. The van der Waals surface area contributed by atoms with E-state index in [1.54, 1.807) is 12.1 Å². The Labute approximate surface area is 187 Å². The van der Waals surface area contributed by atoms with Gasteiger partial charge in [-0.3, -0.25) is 9.59 Å². The summed E-state index contributed by atoms with van der Waals surface area (Å²) in [5.41, 5.74) is 0.602. The van der Waals surface area contributed by atoms with Crippen LogP contribution in [0.15, 0.2) is 60.0 Å². The summed E-state index contributed by atoms with van der Waals surface area (Å²) in [6, 6.07) is 12.3. The normalized spacial score (nSPS) is 15.4. The van der Waals surface area contributed by atoms with Crippen LogP contribution in [-0.2, 0) is 4.79 Å². The molecule has 1 saturated heterocycles. The molecule has 4 nitrogen and oxygen atoms in total. The number of benzene rings is 2.